The zero-order valence-corrected chi connectivity index (χ0v) is 17.7. The normalized spacial score (nSPS) is 25.9. The summed E-state index contributed by atoms with van der Waals surface area (Å²) in [7, 11) is -3.49. The van der Waals surface area contributed by atoms with Crippen LogP contribution < -0.4 is 10.0 Å². The zero-order valence-electron chi connectivity index (χ0n) is 16.9. The first-order valence-corrected chi connectivity index (χ1v) is 12.0. The van der Waals surface area contributed by atoms with Gasteiger partial charge in [-0.2, -0.15) is 0 Å². The van der Waals surface area contributed by atoms with Crippen LogP contribution in [-0.4, -0.2) is 50.4 Å². The predicted octanol–water partition coefficient (Wildman–Crippen LogP) is 2.51. The van der Waals surface area contributed by atoms with Gasteiger partial charge in [0.25, 0.3) is 0 Å². The molecule has 3 atom stereocenters. The van der Waals surface area contributed by atoms with Crippen LogP contribution in [0.15, 0.2) is 35.2 Å². The maximum absolute atomic E-state index is 12.7. The molecule has 1 saturated heterocycles. The quantitative estimate of drug-likeness (QED) is 0.760. The molecule has 2 fully saturated rings. The van der Waals surface area contributed by atoms with Crippen molar-refractivity contribution in [1.29, 1.82) is 0 Å². The fraction of sp³-hybridized carbons (Fsp3) is 0.667. The van der Waals surface area contributed by atoms with E-state index >= 15 is 0 Å². The molecule has 7 heteroatoms. The highest BCUT2D eigenvalue weighted by Crippen LogP contribution is 2.24. The summed E-state index contributed by atoms with van der Waals surface area (Å²) in [5, 5.41) is 3.24. The Kier molecular flexibility index (Phi) is 7.12. The summed E-state index contributed by atoms with van der Waals surface area (Å²) in [5.74, 6) is 0.644. The molecule has 1 aromatic rings. The molecule has 0 bridgehead atoms. The van der Waals surface area contributed by atoms with Gasteiger partial charge in [0.05, 0.1) is 10.9 Å². The van der Waals surface area contributed by atoms with Gasteiger partial charge in [-0.15, -0.1) is 0 Å². The van der Waals surface area contributed by atoms with Gasteiger partial charge >= 0.3 is 0 Å². The molecular weight excluding hydrogens is 374 g/mol. The van der Waals surface area contributed by atoms with Crippen LogP contribution in [0.1, 0.15) is 52.4 Å². The van der Waals surface area contributed by atoms with Gasteiger partial charge in [-0.05, 0) is 50.7 Å². The highest BCUT2D eigenvalue weighted by molar-refractivity contribution is 7.89. The van der Waals surface area contributed by atoms with Crippen LogP contribution >= 0.6 is 0 Å². The number of piperidine rings is 1. The summed E-state index contributed by atoms with van der Waals surface area (Å²) in [4.78, 5) is 15.1. The molecule has 1 aromatic carbocycles. The summed E-state index contributed by atoms with van der Waals surface area (Å²) in [5.41, 5.74) is 0. The van der Waals surface area contributed by atoms with Crippen molar-refractivity contribution < 1.29 is 13.2 Å². The Hall–Kier alpha value is -1.44. The summed E-state index contributed by atoms with van der Waals surface area (Å²) in [6, 6.07) is 8.49. The lowest BCUT2D eigenvalue weighted by Crippen LogP contribution is -2.54. The maximum atomic E-state index is 12.7. The Labute approximate surface area is 169 Å². The fourth-order valence-electron chi connectivity index (χ4n) is 4.29. The van der Waals surface area contributed by atoms with Crippen LogP contribution in [0.5, 0.6) is 0 Å². The van der Waals surface area contributed by atoms with E-state index in [4.69, 9.17) is 0 Å². The Balaban J connectivity index is 1.48. The van der Waals surface area contributed by atoms with Gasteiger partial charge in [-0.1, -0.05) is 38.0 Å². The molecule has 0 aromatic heterocycles. The first-order chi connectivity index (χ1) is 13.4. The minimum absolute atomic E-state index is 0.0879. The average molecular weight is 408 g/mol. The smallest absolute Gasteiger partial charge is 0.240 e. The molecule has 0 radical (unpaired) electrons. The molecule has 1 aliphatic heterocycles. The van der Waals surface area contributed by atoms with Crippen molar-refractivity contribution in [2.45, 2.75) is 75.4 Å². The monoisotopic (exact) mass is 407 g/mol. The van der Waals surface area contributed by atoms with Crippen LogP contribution in [0.2, 0.25) is 0 Å². The second-order valence-corrected chi connectivity index (χ2v) is 10.0. The largest absolute Gasteiger partial charge is 0.352 e. The van der Waals surface area contributed by atoms with Gasteiger partial charge in [0.15, 0.2) is 0 Å². The second-order valence-electron chi connectivity index (χ2n) is 8.30. The minimum atomic E-state index is -3.49. The van der Waals surface area contributed by atoms with Crippen molar-refractivity contribution in [1.82, 2.24) is 14.9 Å². The van der Waals surface area contributed by atoms with Crippen molar-refractivity contribution in [2.75, 3.05) is 13.1 Å². The van der Waals surface area contributed by atoms with Crippen LogP contribution in [0.3, 0.4) is 0 Å². The topological polar surface area (TPSA) is 78.5 Å². The van der Waals surface area contributed by atoms with E-state index in [0.717, 1.165) is 19.5 Å². The highest BCUT2D eigenvalue weighted by atomic mass is 32.2. The molecule has 1 heterocycles. The molecular formula is C21H33N3O3S. The Morgan fingerprint density at radius 3 is 2.36 bits per heavy atom. The number of likely N-dealkylation sites (tertiary alicyclic amines) is 1. The lowest BCUT2D eigenvalue weighted by Gasteiger charge is -2.37. The van der Waals surface area contributed by atoms with E-state index in [1.165, 1.54) is 19.3 Å². The number of hydrogen-bond acceptors (Lipinski definition) is 4. The fourth-order valence-corrected chi connectivity index (χ4v) is 5.62. The van der Waals surface area contributed by atoms with E-state index in [9.17, 15) is 13.2 Å². The minimum Gasteiger partial charge on any atom is -0.352 e. The number of hydrogen-bond donors (Lipinski definition) is 2. The Bertz CT molecular complexity index is 745. The predicted molar refractivity (Wildman–Crippen MR) is 110 cm³/mol. The number of nitrogens with one attached hydrogen (secondary N) is 2. The number of amides is 1. The van der Waals surface area contributed by atoms with E-state index in [1.807, 2.05) is 6.92 Å². The molecule has 0 spiro atoms. The standard InChI is InChI=1S/C21H33N3O3S/c1-16-8-6-7-11-20(16)22-21(25)17(2)24-14-12-18(13-15-24)23-28(26,27)19-9-4-3-5-10-19/h3-5,9-10,16-18,20,23H,6-8,11-15H2,1-2H3,(H,22,25). The maximum Gasteiger partial charge on any atom is 0.240 e. The first kappa shape index (κ1) is 21.3. The lowest BCUT2D eigenvalue weighted by molar-refractivity contribution is -0.127. The molecule has 2 aliphatic rings. The van der Waals surface area contributed by atoms with Gasteiger partial charge in [-0.3, -0.25) is 9.69 Å². The van der Waals surface area contributed by atoms with Crippen molar-refractivity contribution in [2.24, 2.45) is 5.92 Å². The van der Waals surface area contributed by atoms with Gasteiger partial charge in [0.2, 0.25) is 15.9 Å². The Morgan fingerprint density at radius 1 is 1.07 bits per heavy atom. The molecule has 1 saturated carbocycles. The van der Waals surface area contributed by atoms with Crippen LogP contribution in [0.4, 0.5) is 0 Å². The molecule has 2 N–H and O–H groups in total. The molecule has 3 rings (SSSR count). The average Bonchev–Trinajstić information content (AvgIpc) is 2.70. The van der Waals surface area contributed by atoms with Crippen molar-refractivity contribution in [3.8, 4) is 0 Å². The van der Waals surface area contributed by atoms with Gasteiger partial charge in [0.1, 0.15) is 0 Å². The molecule has 6 nitrogen and oxygen atoms in total. The van der Waals surface area contributed by atoms with Crippen LogP contribution in [0, 0.1) is 5.92 Å². The van der Waals surface area contributed by atoms with Crippen molar-refractivity contribution in [3.63, 3.8) is 0 Å². The second kappa shape index (κ2) is 9.37. The molecule has 1 amide bonds. The summed E-state index contributed by atoms with van der Waals surface area (Å²) >= 11 is 0. The number of rotatable bonds is 6. The highest BCUT2D eigenvalue weighted by Gasteiger charge is 2.31. The number of benzene rings is 1. The van der Waals surface area contributed by atoms with E-state index in [1.54, 1.807) is 30.3 Å². The van der Waals surface area contributed by atoms with Crippen LogP contribution in [-0.2, 0) is 14.8 Å². The third-order valence-electron chi connectivity index (χ3n) is 6.27. The molecule has 3 unspecified atom stereocenters. The zero-order chi connectivity index (χ0) is 20.1. The van der Waals surface area contributed by atoms with E-state index < -0.39 is 10.0 Å². The summed E-state index contributed by atoms with van der Waals surface area (Å²) < 4.78 is 27.8. The van der Waals surface area contributed by atoms with E-state index in [-0.39, 0.29) is 18.0 Å². The van der Waals surface area contributed by atoms with Crippen molar-refractivity contribution in [3.05, 3.63) is 30.3 Å². The summed E-state index contributed by atoms with van der Waals surface area (Å²) in [6.45, 7) is 5.62. The van der Waals surface area contributed by atoms with E-state index in [0.29, 0.717) is 29.7 Å². The molecule has 28 heavy (non-hydrogen) atoms. The number of nitrogens with zero attached hydrogens (tertiary/aromatic N) is 1. The third-order valence-corrected chi connectivity index (χ3v) is 7.81. The molecule has 156 valence electrons. The van der Waals surface area contributed by atoms with Gasteiger partial charge < -0.3 is 5.32 Å². The van der Waals surface area contributed by atoms with Crippen LogP contribution in [0.25, 0.3) is 0 Å². The lowest BCUT2D eigenvalue weighted by atomic mass is 9.86. The van der Waals surface area contributed by atoms with Crippen molar-refractivity contribution >= 4 is 15.9 Å². The Morgan fingerprint density at radius 2 is 1.71 bits per heavy atom. The first-order valence-electron chi connectivity index (χ1n) is 10.5. The van der Waals surface area contributed by atoms with E-state index in [2.05, 4.69) is 21.9 Å². The number of carbonyl (C=O) groups excluding carboxylic acids is 1. The third kappa shape index (κ3) is 5.33. The number of carbonyl (C=O) groups is 1. The molecule has 1 aliphatic carbocycles. The van der Waals surface area contributed by atoms with Gasteiger partial charge in [-0.25, -0.2) is 13.1 Å². The summed E-state index contributed by atoms with van der Waals surface area (Å²) in [6.07, 6.45) is 6.13. The SMILES string of the molecule is CC1CCCCC1NC(=O)C(C)N1CCC(NS(=O)(=O)c2ccccc2)CC1. The van der Waals surface area contributed by atoms with Gasteiger partial charge in [0, 0.05) is 25.2 Å². The number of sulfonamides is 1.